The normalized spacial score (nSPS) is 7.38. The second-order valence-electron chi connectivity index (χ2n) is 2.97. The van der Waals surface area contributed by atoms with E-state index in [9.17, 15) is 4.79 Å². The Balaban J connectivity index is -0.000000142. The molecule has 0 heterocycles. The third kappa shape index (κ3) is 86.9. The molecule has 0 aliphatic carbocycles. The smallest absolute Gasteiger partial charge is 0.126 e. The highest BCUT2D eigenvalue weighted by molar-refractivity contribution is 5.72. The van der Waals surface area contributed by atoms with Gasteiger partial charge in [0.05, 0.1) is 0 Å². The van der Waals surface area contributed by atoms with E-state index in [0.29, 0.717) is 0 Å². The van der Waals surface area contributed by atoms with Gasteiger partial charge in [-0.25, -0.2) is 0 Å². The first-order valence-corrected chi connectivity index (χ1v) is 5.12. The summed E-state index contributed by atoms with van der Waals surface area (Å²) in [6, 6.07) is 0. The Hall–Kier alpha value is -0.590. The molecule has 0 aliphatic heterocycles. The highest BCUT2D eigenvalue weighted by Gasteiger charge is 1.80. The number of carbonyl (C=O) groups is 1. The van der Waals surface area contributed by atoms with Gasteiger partial charge in [-0.3, -0.25) is 0 Å². The lowest BCUT2D eigenvalue weighted by Gasteiger charge is -1.90. The fourth-order valence-electron chi connectivity index (χ4n) is 0.677. The molecule has 0 N–H and O–H groups in total. The summed E-state index contributed by atoms with van der Waals surface area (Å²) in [4.78, 5) is 9.44. The van der Waals surface area contributed by atoms with Crippen molar-refractivity contribution in [2.75, 3.05) is 0 Å². The van der Waals surface area contributed by atoms with Crippen LogP contribution >= 0.6 is 0 Å². The Morgan fingerprint density at radius 1 is 0.923 bits per heavy atom. The number of unbranched alkanes of at least 4 members (excludes halogenated alkanes) is 4. The summed E-state index contributed by atoms with van der Waals surface area (Å²) in [6.07, 6.45) is 7.01. The topological polar surface area (TPSA) is 17.1 Å². The molecule has 13 heavy (non-hydrogen) atoms. The lowest BCUT2D eigenvalue weighted by Crippen LogP contribution is -1.70. The van der Waals surface area contributed by atoms with Crippen molar-refractivity contribution in [1.82, 2.24) is 0 Å². The van der Waals surface area contributed by atoms with Gasteiger partial charge in [0.25, 0.3) is 0 Å². The van der Waals surface area contributed by atoms with Crippen LogP contribution in [0.1, 0.15) is 59.8 Å². The van der Waals surface area contributed by atoms with E-state index in [-0.39, 0.29) is 5.78 Å². The molecule has 0 radical (unpaired) electrons. The van der Waals surface area contributed by atoms with Crippen molar-refractivity contribution >= 4 is 5.78 Å². The van der Waals surface area contributed by atoms with Crippen LogP contribution in [0.4, 0.5) is 0 Å². The van der Waals surface area contributed by atoms with Crippen LogP contribution < -0.4 is 0 Å². The third-order valence-corrected chi connectivity index (χ3v) is 1.21. The summed E-state index contributed by atoms with van der Waals surface area (Å²) in [5, 5.41) is 0. The number of rotatable bonds is 4. The van der Waals surface area contributed by atoms with E-state index in [0.717, 1.165) is 0 Å². The fraction of sp³-hybridized carbons (Fsp3) is 0.750. The zero-order valence-electron chi connectivity index (χ0n) is 9.86. The number of hydrogen-bond acceptors (Lipinski definition) is 1. The lowest BCUT2D eigenvalue weighted by molar-refractivity contribution is -0.114. The highest BCUT2D eigenvalue weighted by atomic mass is 16.1. The zero-order valence-corrected chi connectivity index (χ0v) is 9.86. The van der Waals surface area contributed by atoms with Crippen LogP contribution in [0.2, 0.25) is 0 Å². The van der Waals surface area contributed by atoms with E-state index in [1.807, 2.05) is 0 Å². The minimum Gasteiger partial charge on any atom is -0.300 e. The number of ketones is 1. The first kappa shape index (κ1) is 18.2. The van der Waals surface area contributed by atoms with Crippen LogP contribution in [0.5, 0.6) is 0 Å². The van der Waals surface area contributed by atoms with Crippen LogP contribution in [0.3, 0.4) is 0 Å². The summed E-state index contributed by atoms with van der Waals surface area (Å²) < 4.78 is 0. The van der Waals surface area contributed by atoms with Gasteiger partial charge < -0.3 is 4.79 Å². The van der Waals surface area contributed by atoms with Gasteiger partial charge in [0.1, 0.15) is 5.78 Å². The summed E-state index contributed by atoms with van der Waals surface area (Å²) in [5.74, 6) is 0.167. The molecule has 0 spiro atoms. The highest BCUT2D eigenvalue weighted by Crippen LogP contribution is 2.00. The predicted octanol–water partition coefficient (Wildman–Crippen LogP) is 4.37. The zero-order chi connectivity index (χ0) is 11.1. The number of hydrogen-bond donors (Lipinski definition) is 0. The van der Waals surface area contributed by atoms with Gasteiger partial charge in [0, 0.05) is 0 Å². The molecular weight excluding hydrogens is 160 g/mol. The molecule has 0 aliphatic rings. The molecule has 0 rings (SSSR count). The van der Waals surface area contributed by atoms with Crippen molar-refractivity contribution in [3.05, 3.63) is 13.2 Å². The largest absolute Gasteiger partial charge is 0.300 e. The minimum atomic E-state index is 0.167. The molecule has 0 unspecified atom stereocenters. The molecule has 0 aromatic rings. The van der Waals surface area contributed by atoms with Crippen molar-refractivity contribution in [2.24, 2.45) is 0 Å². The Bertz CT molecular complexity index is 79.1. The van der Waals surface area contributed by atoms with Gasteiger partial charge in [-0.1, -0.05) is 46.0 Å². The maximum atomic E-state index is 9.44. The Labute approximate surface area is 84.2 Å². The van der Waals surface area contributed by atoms with Crippen LogP contribution in [0, 0.1) is 0 Å². The third-order valence-electron chi connectivity index (χ3n) is 1.21. The molecule has 80 valence electrons. The molecule has 0 aromatic carbocycles. The quantitative estimate of drug-likeness (QED) is 0.470. The molecule has 0 bridgehead atoms. The molecule has 1 nitrogen and oxygen atoms in total. The average molecular weight is 186 g/mol. The summed E-state index contributed by atoms with van der Waals surface area (Å²) >= 11 is 0. The van der Waals surface area contributed by atoms with Crippen molar-refractivity contribution in [3.63, 3.8) is 0 Å². The molecule has 1 heteroatoms. The number of Topliss-reactive ketones (excluding diaryl/α,β-unsaturated/α-hetero) is 1. The summed E-state index contributed by atoms with van der Waals surface area (Å²) in [5.41, 5.74) is 0. The lowest BCUT2D eigenvalue weighted by atomic mass is 10.2. The first-order chi connectivity index (χ1) is 6.15. The second kappa shape index (κ2) is 22.5. The minimum absolute atomic E-state index is 0.167. The summed E-state index contributed by atoms with van der Waals surface area (Å²) in [7, 11) is 0. The van der Waals surface area contributed by atoms with Crippen molar-refractivity contribution < 1.29 is 4.79 Å². The molecule has 0 atom stereocenters. The van der Waals surface area contributed by atoms with Crippen molar-refractivity contribution in [3.8, 4) is 0 Å². The van der Waals surface area contributed by atoms with E-state index in [4.69, 9.17) is 0 Å². The van der Waals surface area contributed by atoms with Crippen LogP contribution in [-0.2, 0) is 4.79 Å². The van der Waals surface area contributed by atoms with E-state index in [1.165, 1.54) is 46.0 Å². The standard InChI is InChI=1S/C7H16.C3H6O.C2H4/c1-3-5-7-6-4-2;1-3(2)4;1-2/h3-7H2,1-2H3;1-2H3;1-2H2. The first-order valence-electron chi connectivity index (χ1n) is 5.12. The van der Waals surface area contributed by atoms with Gasteiger partial charge >= 0.3 is 0 Å². The van der Waals surface area contributed by atoms with Gasteiger partial charge in [-0.2, -0.15) is 0 Å². The van der Waals surface area contributed by atoms with E-state index >= 15 is 0 Å². The van der Waals surface area contributed by atoms with Crippen LogP contribution in [-0.4, -0.2) is 5.78 Å². The van der Waals surface area contributed by atoms with E-state index < -0.39 is 0 Å². The number of carbonyl (C=O) groups excluding carboxylic acids is 1. The molecule has 0 saturated heterocycles. The SMILES string of the molecule is C=C.CC(C)=O.CCCCCCC. The molecular formula is C12H26O. The molecule has 0 saturated carbocycles. The molecule has 0 aromatic heterocycles. The second-order valence-corrected chi connectivity index (χ2v) is 2.97. The van der Waals surface area contributed by atoms with Crippen molar-refractivity contribution in [2.45, 2.75) is 59.8 Å². The monoisotopic (exact) mass is 186 g/mol. The van der Waals surface area contributed by atoms with Gasteiger partial charge in [-0.15, -0.1) is 13.2 Å². The Kier molecular flexibility index (Phi) is 31.6. The maximum Gasteiger partial charge on any atom is 0.126 e. The average Bonchev–Trinajstić information content (AvgIpc) is 2.08. The van der Waals surface area contributed by atoms with Crippen molar-refractivity contribution in [1.29, 1.82) is 0 Å². The predicted molar refractivity (Wildman–Crippen MR) is 62.0 cm³/mol. The van der Waals surface area contributed by atoms with Crippen LogP contribution in [0.25, 0.3) is 0 Å². The molecule has 0 amide bonds. The Morgan fingerprint density at radius 3 is 1.31 bits per heavy atom. The molecule has 0 fully saturated rings. The van der Waals surface area contributed by atoms with Gasteiger partial charge in [-0.05, 0) is 13.8 Å². The Morgan fingerprint density at radius 2 is 1.15 bits per heavy atom. The maximum absolute atomic E-state index is 9.44. The fourth-order valence-corrected chi connectivity index (χ4v) is 0.677. The van der Waals surface area contributed by atoms with Gasteiger partial charge in [0.2, 0.25) is 0 Å². The van der Waals surface area contributed by atoms with Crippen LogP contribution in [0.15, 0.2) is 13.2 Å². The van der Waals surface area contributed by atoms with Gasteiger partial charge in [0.15, 0.2) is 0 Å². The summed E-state index contributed by atoms with van der Waals surface area (Å²) in [6.45, 7) is 13.5. The van der Waals surface area contributed by atoms with E-state index in [1.54, 1.807) is 0 Å². The van der Waals surface area contributed by atoms with E-state index in [2.05, 4.69) is 27.0 Å².